The quantitative estimate of drug-likeness (QED) is 0.0394. The molecule has 7 rings (SSSR count). The summed E-state index contributed by atoms with van der Waals surface area (Å²) in [6.07, 6.45) is 6.03. The lowest BCUT2D eigenvalue weighted by molar-refractivity contribution is -0.134. The number of anilines is 1. The zero-order chi connectivity index (χ0) is 43.3. The van der Waals surface area contributed by atoms with E-state index in [1.165, 1.54) is 13.2 Å². The number of nitrogens with one attached hydrogen (secondary N) is 3. The highest BCUT2D eigenvalue weighted by Crippen LogP contribution is 2.58. The number of hydrogen-bond acceptors (Lipinski definition) is 11. The Kier molecular flexibility index (Phi) is 13.1. The zero-order valence-corrected chi connectivity index (χ0v) is 34.9. The molecule has 1 saturated carbocycles. The van der Waals surface area contributed by atoms with Crippen LogP contribution >= 0.6 is 0 Å². The monoisotopic (exact) mass is 831 g/mol. The first-order valence-electron chi connectivity index (χ1n) is 21.0. The van der Waals surface area contributed by atoms with Crippen LogP contribution in [0.5, 0.6) is 34.5 Å². The molecule has 1 fully saturated rings. The maximum atomic E-state index is 15.2. The van der Waals surface area contributed by atoms with Crippen molar-refractivity contribution in [2.75, 3.05) is 25.6 Å². The molecule has 4 aromatic carbocycles. The van der Waals surface area contributed by atoms with E-state index < -0.39 is 29.5 Å². The topological polar surface area (TPSA) is 197 Å². The summed E-state index contributed by atoms with van der Waals surface area (Å²) < 4.78 is 11.2. The molecule has 0 saturated heterocycles. The van der Waals surface area contributed by atoms with Crippen molar-refractivity contribution in [2.45, 2.75) is 71.0 Å². The Morgan fingerprint density at radius 2 is 1.70 bits per heavy atom. The van der Waals surface area contributed by atoms with Gasteiger partial charge >= 0.3 is 0 Å². The van der Waals surface area contributed by atoms with E-state index in [1.807, 2.05) is 62.5 Å². The van der Waals surface area contributed by atoms with Gasteiger partial charge in [0.25, 0.3) is 0 Å². The van der Waals surface area contributed by atoms with Gasteiger partial charge in [-0.3, -0.25) is 4.79 Å². The standard InChI is InChI=1S/C49H57N3O9/c1-29(2)28-61-45-23-31(21-43(58)48(45)59)8-15-42(57)47(41(56)14-7-30-6-13-40(55)44(22-30)60-3)49(18-16-39(54)38(49)27-35-5-4-19-50-35)34-17-20-51-46(26-34)52-36-11-9-33-25-37(53)12-10-32(33)24-36/h4-6,9-13,17,19,21-26,29,38-39,41,47,50-56,58-59H,7-8,14-16,18,20,27-28H2,1-3H3/t38-,39+,41-,47-,49-/m1/s1. The highest BCUT2D eigenvalue weighted by molar-refractivity contribution is 5.87. The first kappa shape index (κ1) is 43.0. The maximum Gasteiger partial charge on any atom is 0.200 e. The second-order valence-corrected chi connectivity index (χ2v) is 16.8. The van der Waals surface area contributed by atoms with E-state index in [4.69, 9.17) is 9.47 Å². The molecular formula is C49H57N3O9. The van der Waals surface area contributed by atoms with Crippen molar-refractivity contribution >= 4 is 22.2 Å². The Balaban J connectivity index is 1.28. The highest BCUT2D eigenvalue weighted by atomic mass is 16.5. The molecule has 5 atom stereocenters. The van der Waals surface area contributed by atoms with Crippen molar-refractivity contribution in [3.8, 4) is 34.5 Å². The number of H-pyrrole nitrogens is 1. The van der Waals surface area contributed by atoms with E-state index in [9.17, 15) is 30.6 Å². The van der Waals surface area contributed by atoms with Crippen LogP contribution in [0, 0.1) is 23.2 Å². The summed E-state index contributed by atoms with van der Waals surface area (Å²) in [5, 5.41) is 74.8. The van der Waals surface area contributed by atoms with Crippen molar-refractivity contribution in [3.63, 3.8) is 0 Å². The van der Waals surface area contributed by atoms with Gasteiger partial charge in [-0.1, -0.05) is 38.1 Å². The summed E-state index contributed by atoms with van der Waals surface area (Å²) in [4.78, 5) is 18.5. The molecule has 0 amide bonds. The number of benzene rings is 4. The molecule has 1 aromatic heterocycles. The Hall–Kier alpha value is -6.11. The molecular weight excluding hydrogens is 775 g/mol. The molecule has 2 heterocycles. The number of allylic oxidation sites excluding steroid dienone is 2. The summed E-state index contributed by atoms with van der Waals surface area (Å²) in [5.41, 5.74) is 2.94. The fraction of sp³-hybridized carbons (Fsp3) is 0.367. The summed E-state index contributed by atoms with van der Waals surface area (Å²) in [7, 11) is 1.48. The summed E-state index contributed by atoms with van der Waals surface area (Å²) in [6, 6.07) is 23.1. The molecule has 2 aliphatic rings. The molecule has 0 radical (unpaired) electrons. The largest absolute Gasteiger partial charge is 0.508 e. The number of methoxy groups -OCH3 is 1. The number of ether oxygens (including phenoxy) is 2. The number of phenolic OH excluding ortho intramolecular Hbond substituents is 4. The lowest BCUT2D eigenvalue weighted by atomic mass is 9.58. The number of Topliss-reactive ketones (excluding diaryl/α,β-unsaturated/α-hetero) is 1. The van der Waals surface area contributed by atoms with E-state index in [2.05, 4.69) is 21.7 Å². The number of ketones is 1. The van der Waals surface area contributed by atoms with Gasteiger partial charge in [0, 0.05) is 41.9 Å². The lowest BCUT2D eigenvalue weighted by Gasteiger charge is -2.46. The third-order valence-corrected chi connectivity index (χ3v) is 12.2. The summed E-state index contributed by atoms with van der Waals surface area (Å²) in [5.74, 6) is -0.844. The number of aromatic nitrogens is 1. The number of aromatic amines is 1. The van der Waals surface area contributed by atoms with Crippen LogP contribution in [0.4, 0.5) is 5.69 Å². The van der Waals surface area contributed by atoms with Gasteiger partial charge in [0.2, 0.25) is 5.75 Å². The van der Waals surface area contributed by atoms with E-state index in [0.29, 0.717) is 56.0 Å². The van der Waals surface area contributed by atoms with Crippen LogP contribution in [0.3, 0.4) is 0 Å². The molecule has 0 bridgehead atoms. The smallest absolute Gasteiger partial charge is 0.200 e. The number of aromatic hydroxyl groups is 4. The average Bonchev–Trinajstić information content (AvgIpc) is 3.88. The first-order valence-corrected chi connectivity index (χ1v) is 21.0. The van der Waals surface area contributed by atoms with Gasteiger partial charge in [0.15, 0.2) is 23.0 Å². The van der Waals surface area contributed by atoms with Crippen molar-refractivity contribution in [1.82, 2.24) is 10.3 Å². The number of carbonyl (C=O) groups excluding carboxylic acids is 1. The molecule has 5 aromatic rings. The predicted octanol–water partition coefficient (Wildman–Crippen LogP) is 7.63. The van der Waals surface area contributed by atoms with Crippen LogP contribution in [-0.4, -0.2) is 73.9 Å². The van der Waals surface area contributed by atoms with Gasteiger partial charge in [0.05, 0.1) is 31.8 Å². The van der Waals surface area contributed by atoms with Gasteiger partial charge in [0.1, 0.15) is 17.4 Å². The minimum absolute atomic E-state index is 0.000899. The second kappa shape index (κ2) is 18.7. The Bertz CT molecular complexity index is 2390. The van der Waals surface area contributed by atoms with E-state index in [-0.39, 0.29) is 59.7 Å². The Labute approximate surface area is 356 Å². The van der Waals surface area contributed by atoms with Gasteiger partial charge in [-0.15, -0.1) is 0 Å². The van der Waals surface area contributed by atoms with Crippen LogP contribution in [-0.2, 0) is 24.1 Å². The minimum Gasteiger partial charge on any atom is -0.508 e. The highest BCUT2D eigenvalue weighted by Gasteiger charge is 2.58. The number of aryl methyl sites for hydroxylation is 2. The number of phenols is 4. The Morgan fingerprint density at radius 1 is 0.918 bits per heavy atom. The molecule has 12 nitrogen and oxygen atoms in total. The fourth-order valence-corrected chi connectivity index (χ4v) is 9.28. The van der Waals surface area contributed by atoms with Gasteiger partial charge in [-0.2, -0.15) is 0 Å². The SMILES string of the molecule is COc1cc(CC[C@@H](O)[C@H](C(=O)CCc2cc(O)c(O)c(OCC(C)C)c2)[C@@]2(C3=CCNC(Nc4ccc5cc(O)ccc5c4)=C3)CC[C@H](O)[C@H]2Cc2ccc[nH]2)ccc1O. The van der Waals surface area contributed by atoms with Crippen molar-refractivity contribution in [3.05, 3.63) is 125 Å². The normalized spacial score (nSPS) is 19.8. The summed E-state index contributed by atoms with van der Waals surface area (Å²) in [6.45, 7) is 4.71. The lowest BCUT2D eigenvalue weighted by Crippen LogP contribution is -2.50. The second-order valence-electron chi connectivity index (χ2n) is 16.8. The average molecular weight is 832 g/mol. The van der Waals surface area contributed by atoms with Crippen molar-refractivity contribution in [2.24, 2.45) is 23.2 Å². The molecule has 0 unspecified atom stereocenters. The molecule has 1 aliphatic heterocycles. The third-order valence-electron chi connectivity index (χ3n) is 12.2. The molecule has 12 heteroatoms. The molecule has 1 aliphatic carbocycles. The number of rotatable bonds is 18. The van der Waals surface area contributed by atoms with E-state index in [0.717, 1.165) is 33.3 Å². The number of hydrogen-bond donors (Lipinski definition) is 9. The molecule has 9 N–H and O–H groups in total. The van der Waals surface area contributed by atoms with Crippen LogP contribution in [0.25, 0.3) is 10.8 Å². The Morgan fingerprint density at radius 3 is 2.48 bits per heavy atom. The predicted molar refractivity (Wildman–Crippen MR) is 235 cm³/mol. The fourth-order valence-electron chi connectivity index (χ4n) is 9.28. The molecule has 0 spiro atoms. The number of carbonyl (C=O) groups is 1. The van der Waals surface area contributed by atoms with Gasteiger partial charge < -0.3 is 55.7 Å². The maximum absolute atomic E-state index is 15.2. The first-order chi connectivity index (χ1) is 29.3. The molecule has 322 valence electrons. The molecule has 61 heavy (non-hydrogen) atoms. The van der Waals surface area contributed by atoms with Crippen molar-refractivity contribution < 1.29 is 44.9 Å². The van der Waals surface area contributed by atoms with Gasteiger partial charge in [-0.05, 0) is 139 Å². The van der Waals surface area contributed by atoms with Crippen LogP contribution in [0.2, 0.25) is 0 Å². The van der Waals surface area contributed by atoms with Crippen LogP contribution < -0.4 is 20.1 Å². The van der Waals surface area contributed by atoms with Crippen LogP contribution in [0.1, 0.15) is 56.4 Å². The zero-order valence-electron chi connectivity index (χ0n) is 34.9. The number of dihydropyridines is 1. The summed E-state index contributed by atoms with van der Waals surface area (Å²) >= 11 is 0. The minimum atomic E-state index is -1.15. The van der Waals surface area contributed by atoms with E-state index >= 15 is 4.79 Å². The van der Waals surface area contributed by atoms with E-state index in [1.54, 1.807) is 36.4 Å². The number of aliphatic hydroxyl groups excluding tert-OH is 2. The van der Waals surface area contributed by atoms with Crippen LogP contribution in [0.15, 0.2) is 109 Å². The van der Waals surface area contributed by atoms with Gasteiger partial charge in [-0.25, -0.2) is 0 Å². The third kappa shape index (κ3) is 9.61. The number of aliphatic hydroxyl groups is 2. The van der Waals surface area contributed by atoms with Crippen molar-refractivity contribution in [1.29, 1.82) is 0 Å². The number of fused-ring (bicyclic) bond motifs is 1.